The molecule has 23 heavy (non-hydrogen) atoms. The molecule has 0 aliphatic rings. The number of carbonyl (C=O) groups excluding carboxylic acids is 1. The van der Waals surface area contributed by atoms with Crippen molar-refractivity contribution in [1.82, 2.24) is 10.1 Å². The highest BCUT2D eigenvalue weighted by molar-refractivity contribution is 5.99. The topological polar surface area (TPSA) is 92.1 Å². The number of amides is 2. The van der Waals surface area contributed by atoms with Gasteiger partial charge in [0.05, 0.1) is 11.9 Å². The fourth-order valence-electron chi connectivity index (χ4n) is 1.92. The highest BCUT2D eigenvalue weighted by Gasteiger charge is 2.04. The van der Waals surface area contributed by atoms with Crippen LogP contribution in [-0.2, 0) is 0 Å². The molecule has 0 saturated carbocycles. The van der Waals surface area contributed by atoms with Gasteiger partial charge in [0.15, 0.2) is 5.82 Å². The van der Waals surface area contributed by atoms with Crippen molar-refractivity contribution in [3.63, 3.8) is 0 Å². The van der Waals surface area contributed by atoms with E-state index in [-0.39, 0.29) is 6.03 Å². The molecular formula is C16H15N5O2. The highest BCUT2D eigenvalue weighted by atomic mass is 16.5. The van der Waals surface area contributed by atoms with Crippen LogP contribution >= 0.6 is 0 Å². The van der Waals surface area contributed by atoms with Gasteiger partial charge < -0.3 is 15.2 Å². The average molecular weight is 309 g/mol. The van der Waals surface area contributed by atoms with Crippen LogP contribution in [0.4, 0.5) is 27.8 Å². The second-order valence-electron chi connectivity index (χ2n) is 4.83. The number of aryl methyl sites for hydroxylation is 1. The van der Waals surface area contributed by atoms with E-state index in [1.807, 2.05) is 25.1 Å². The van der Waals surface area contributed by atoms with E-state index in [0.717, 1.165) is 11.4 Å². The third kappa shape index (κ3) is 4.07. The van der Waals surface area contributed by atoms with Crippen LogP contribution in [0.25, 0.3) is 0 Å². The van der Waals surface area contributed by atoms with Gasteiger partial charge in [-0.1, -0.05) is 23.4 Å². The van der Waals surface area contributed by atoms with Gasteiger partial charge in [-0.3, -0.25) is 5.32 Å². The fraction of sp³-hybridized carbons (Fsp3) is 0.0625. The summed E-state index contributed by atoms with van der Waals surface area (Å²) in [6.45, 7) is 1.81. The van der Waals surface area contributed by atoms with Gasteiger partial charge in [0.1, 0.15) is 11.6 Å². The quantitative estimate of drug-likeness (QED) is 0.682. The molecule has 7 heteroatoms. The monoisotopic (exact) mass is 309 g/mol. The van der Waals surface area contributed by atoms with Gasteiger partial charge in [-0.05, 0) is 31.2 Å². The minimum atomic E-state index is -0.350. The lowest BCUT2D eigenvalue weighted by Gasteiger charge is -2.07. The summed E-state index contributed by atoms with van der Waals surface area (Å²) in [6.07, 6.45) is 1.60. The lowest BCUT2D eigenvalue weighted by Crippen LogP contribution is -2.19. The number of para-hydroxylation sites is 1. The summed E-state index contributed by atoms with van der Waals surface area (Å²) in [5.41, 5.74) is 1.46. The zero-order valence-corrected chi connectivity index (χ0v) is 12.4. The standard InChI is InChI=1S/C16H15N5O2/c1-11-9-15(21-23-11)18-13-7-8-14(17-10-13)20-16(22)19-12-5-3-2-4-6-12/h2-10H,1H3,(H,18,21)(H2,17,19,20,22). The summed E-state index contributed by atoms with van der Waals surface area (Å²) < 4.78 is 4.97. The smallest absolute Gasteiger partial charge is 0.324 e. The van der Waals surface area contributed by atoms with Crippen molar-refractivity contribution in [3.05, 3.63) is 60.5 Å². The zero-order valence-electron chi connectivity index (χ0n) is 12.4. The zero-order chi connectivity index (χ0) is 16.1. The van der Waals surface area contributed by atoms with Crippen LogP contribution in [0.2, 0.25) is 0 Å². The van der Waals surface area contributed by atoms with E-state index < -0.39 is 0 Å². The Bertz CT molecular complexity index is 784. The Hall–Kier alpha value is -3.35. The minimum Gasteiger partial charge on any atom is -0.360 e. The molecule has 2 heterocycles. The van der Waals surface area contributed by atoms with Crippen molar-refractivity contribution < 1.29 is 9.32 Å². The SMILES string of the molecule is Cc1cc(Nc2ccc(NC(=O)Nc3ccccc3)nc2)no1. The van der Waals surface area contributed by atoms with Crippen LogP contribution < -0.4 is 16.0 Å². The van der Waals surface area contributed by atoms with E-state index in [9.17, 15) is 4.79 Å². The number of benzene rings is 1. The number of anilines is 4. The summed E-state index contributed by atoms with van der Waals surface area (Å²) in [5.74, 6) is 1.77. The molecule has 7 nitrogen and oxygen atoms in total. The van der Waals surface area contributed by atoms with E-state index >= 15 is 0 Å². The number of hydrogen-bond acceptors (Lipinski definition) is 5. The molecule has 2 aromatic heterocycles. The predicted octanol–water partition coefficient (Wildman–Crippen LogP) is 3.77. The average Bonchev–Trinajstić information content (AvgIpc) is 2.95. The largest absolute Gasteiger partial charge is 0.360 e. The minimum absolute atomic E-state index is 0.350. The van der Waals surface area contributed by atoms with Crippen molar-refractivity contribution in [2.75, 3.05) is 16.0 Å². The van der Waals surface area contributed by atoms with Crippen LogP contribution in [0.5, 0.6) is 0 Å². The van der Waals surface area contributed by atoms with Crippen molar-refractivity contribution in [1.29, 1.82) is 0 Å². The summed E-state index contributed by atoms with van der Waals surface area (Å²) >= 11 is 0. The maximum absolute atomic E-state index is 11.9. The first-order valence-corrected chi connectivity index (χ1v) is 6.98. The summed E-state index contributed by atoms with van der Waals surface area (Å²) in [6, 6.07) is 14.1. The normalized spacial score (nSPS) is 10.1. The van der Waals surface area contributed by atoms with Crippen LogP contribution in [0.3, 0.4) is 0 Å². The first kappa shape index (κ1) is 14.6. The number of urea groups is 1. The van der Waals surface area contributed by atoms with Gasteiger partial charge in [0.25, 0.3) is 0 Å². The molecule has 0 fully saturated rings. The molecule has 0 aliphatic heterocycles. The molecule has 0 saturated heterocycles. The van der Waals surface area contributed by atoms with Crippen molar-refractivity contribution in [3.8, 4) is 0 Å². The van der Waals surface area contributed by atoms with Gasteiger partial charge in [0, 0.05) is 11.8 Å². The van der Waals surface area contributed by atoms with E-state index in [0.29, 0.717) is 17.3 Å². The van der Waals surface area contributed by atoms with Gasteiger partial charge in [-0.25, -0.2) is 9.78 Å². The van der Waals surface area contributed by atoms with E-state index in [2.05, 4.69) is 26.1 Å². The van der Waals surface area contributed by atoms with Crippen molar-refractivity contribution in [2.24, 2.45) is 0 Å². The predicted molar refractivity (Wildman–Crippen MR) is 87.8 cm³/mol. The maximum atomic E-state index is 11.9. The number of hydrogen-bond donors (Lipinski definition) is 3. The van der Waals surface area contributed by atoms with Crippen LogP contribution in [0.1, 0.15) is 5.76 Å². The number of aromatic nitrogens is 2. The van der Waals surface area contributed by atoms with Crippen LogP contribution in [0.15, 0.2) is 59.3 Å². The number of pyridine rings is 1. The second-order valence-corrected chi connectivity index (χ2v) is 4.83. The van der Waals surface area contributed by atoms with E-state index in [1.54, 1.807) is 36.5 Å². The second kappa shape index (κ2) is 6.61. The molecule has 3 aromatic rings. The third-order valence-electron chi connectivity index (χ3n) is 2.94. The van der Waals surface area contributed by atoms with Gasteiger partial charge >= 0.3 is 6.03 Å². The first-order valence-electron chi connectivity index (χ1n) is 6.98. The Morgan fingerprint density at radius 3 is 2.48 bits per heavy atom. The van der Waals surface area contributed by atoms with Crippen LogP contribution in [0, 0.1) is 6.92 Å². The molecule has 0 aliphatic carbocycles. The van der Waals surface area contributed by atoms with E-state index in [4.69, 9.17) is 4.52 Å². The molecule has 0 spiro atoms. The molecule has 0 radical (unpaired) electrons. The Morgan fingerprint density at radius 2 is 1.83 bits per heavy atom. The molecule has 1 aromatic carbocycles. The van der Waals surface area contributed by atoms with Crippen LogP contribution in [-0.4, -0.2) is 16.2 Å². The number of nitrogens with zero attached hydrogens (tertiary/aromatic N) is 2. The van der Waals surface area contributed by atoms with Crippen molar-refractivity contribution >= 4 is 29.0 Å². The molecule has 3 N–H and O–H groups in total. The summed E-state index contributed by atoms with van der Waals surface area (Å²) in [7, 11) is 0. The highest BCUT2D eigenvalue weighted by Crippen LogP contribution is 2.16. The number of carbonyl (C=O) groups is 1. The Labute approximate surface area is 132 Å². The number of rotatable bonds is 4. The Kier molecular flexibility index (Phi) is 4.19. The third-order valence-corrected chi connectivity index (χ3v) is 2.94. The molecular weight excluding hydrogens is 294 g/mol. The van der Waals surface area contributed by atoms with Gasteiger partial charge in [0.2, 0.25) is 0 Å². The van der Waals surface area contributed by atoms with Gasteiger partial charge in [-0.2, -0.15) is 0 Å². The molecule has 116 valence electrons. The summed E-state index contributed by atoms with van der Waals surface area (Å²) in [5, 5.41) is 12.3. The fourth-order valence-corrected chi connectivity index (χ4v) is 1.92. The number of nitrogens with one attached hydrogen (secondary N) is 3. The first-order chi connectivity index (χ1) is 11.2. The lowest BCUT2D eigenvalue weighted by molar-refractivity contribution is 0.262. The molecule has 0 unspecified atom stereocenters. The Morgan fingerprint density at radius 1 is 1.00 bits per heavy atom. The molecule has 3 rings (SSSR count). The summed E-state index contributed by atoms with van der Waals surface area (Å²) in [4.78, 5) is 16.0. The molecule has 2 amide bonds. The van der Waals surface area contributed by atoms with Crippen molar-refractivity contribution in [2.45, 2.75) is 6.92 Å². The van der Waals surface area contributed by atoms with Gasteiger partial charge in [-0.15, -0.1) is 0 Å². The maximum Gasteiger partial charge on any atom is 0.324 e. The Balaban J connectivity index is 1.57. The molecule has 0 atom stereocenters. The van der Waals surface area contributed by atoms with E-state index in [1.165, 1.54) is 0 Å². The molecule has 0 bridgehead atoms. The lowest BCUT2D eigenvalue weighted by atomic mass is 10.3.